The van der Waals surface area contributed by atoms with Crippen molar-refractivity contribution in [3.05, 3.63) is 18.0 Å². The summed E-state index contributed by atoms with van der Waals surface area (Å²) in [5, 5.41) is 4.16. The van der Waals surface area contributed by atoms with Crippen molar-refractivity contribution in [3.63, 3.8) is 0 Å². The molecule has 2 N–H and O–H groups in total. The zero-order valence-electron chi connectivity index (χ0n) is 12.5. The molecule has 1 saturated heterocycles. The summed E-state index contributed by atoms with van der Waals surface area (Å²) in [5.41, 5.74) is 7.19. The van der Waals surface area contributed by atoms with Crippen LogP contribution in [0.15, 0.2) is 12.4 Å². The maximum atomic E-state index is 12.8. The van der Waals surface area contributed by atoms with Crippen molar-refractivity contribution < 1.29 is 13.2 Å². The van der Waals surface area contributed by atoms with Gasteiger partial charge in [-0.25, -0.2) is 0 Å². The Hall–Kier alpha value is -1.08. The molecule has 0 amide bonds. The summed E-state index contributed by atoms with van der Waals surface area (Å²) < 4.78 is 40.0. The minimum absolute atomic E-state index is 0.0575. The predicted octanol–water partition coefficient (Wildman–Crippen LogP) is 2.47. The number of likely N-dealkylation sites (tertiary alicyclic amines) is 1. The maximum absolute atomic E-state index is 12.8. The van der Waals surface area contributed by atoms with Crippen LogP contribution >= 0.6 is 0 Å². The van der Waals surface area contributed by atoms with Crippen LogP contribution in [0, 0.1) is 5.92 Å². The van der Waals surface area contributed by atoms with Crippen molar-refractivity contribution in [2.24, 2.45) is 18.7 Å². The summed E-state index contributed by atoms with van der Waals surface area (Å²) in [6.07, 6.45) is 0.654. The van der Waals surface area contributed by atoms with Crippen LogP contribution in [0.1, 0.15) is 37.8 Å². The number of alkyl halides is 3. The van der Waals surface area contributed by atoms with Crippen molar-refractivity contribution in [3.8, 4) is 0 Å². The molecule has 0 aromatic carbocycles. The molecule has 2 rings (SSSR count). The fraction of sp³-hybridized carbons (Fsp3) is 0.786. The van der Waals surface area contributed by atoms with Crippen molar-refractivity contribution in [2.75, 3.05) is 13.1 Å². The van der Waals surface area contributed by atoms with Gasteiger partial charge in [0.1, 0.15) is 0 Å². The van der Waals surface area contributed by atoms with Crippen LogP contribution < -0.4 is 5.73 Å². The molecule has 7 heteroatoms. The van der Waals surface area contributed by atoms with Gasteiger partial charge in [0, 0.05) is 24.8 Å². The lowest BCUT2D eigenvalue weighted by Crippen LogP contribution is -2.46. The third-order valence-electron chi connectivity index (χ3n) is 4.33. The van der Waals surface area contributed by atoms with Gasteiger partial charge in [-0.3, -0.25) is 9.58 Å². The van der Waals surface area contributed by atoms with E-state index in [1.54, 1.807) is 10.9 Å². The quantitative estimate of drug-likeness (QED) is 0.929. The third kappa shape index (κ3) is 3.77. The minimum Gasteiger partial charge on any atom is -0.326 e. The molecule has 0 aliphatic carbocycles. The molecule has 1 aromatic heterocycles. The molecule has 2 atom stereocenters. The first-order valence-corrected chi connectivity index (χ1v) is 7.37. The minimum atomic E-state index is -4.08. The highest BCUT2D eigenvalue weighted by molar-refractivity contribution is 5.14. The number of hydrogen-bond donors (Lipinski definition) is 1. The summed E-state index contributed by atoms with van der Waals surface area (Å²) in [5.74, 6) is -1.18. The van der Waals surface area contributed by atoms with E-state index in [1.807, 2.05) is 20.2 Å². The van der Waals surface area contributed by atoms with E-state index in [1.165, 1.54) is 0 Å². The summed E-state index contributed by atoms with van der Waals surface area (Å²) in [7, 11) is 1.83. The third-order valence-corrected chi connectivity index (χ3v) is 4.33. The molecular weight excluding hydrogens is 281 g/mol. The molecule has 2 unspecified atom stereocenters. The van der Waals surface area contributed by atoms with Gasteiger partial charge in [-0.1, -0.05) is 6.92 Å². The molecular formula is C14H23F3N4. The number of rotatable bonds is 4. The van der Waals surface area contributed by atoms with E-state index in [2.05, 4.69) is 10.00 Å². The number of nitrogens with zero attached hydrogens (tertiary/aromatic N) is 3. The maximum Gasteiger partial charge on any atom is 0.391 e. The molecule has 2 heterocycles. The van der Waals surface area contributed by atoms with Gasteiger partial charge < -0.3 is 5.73 Å². The Morgan fingerprint density at radius 2 is 2.00 bits per heavy atom. The van der Waals surface area contributed by atoms with Gasteiger partial charge in [0.25, 0.3) is 0 Å². The van der Waals surface area contributed by atoms with Gasteiger partial charge in [0.2, 0.25) is 0 Å². The van der Waals surface area contributed by atoms with Crippen molar-refractivity contribution in [1.82, 2.24) is 14.7 Å². The van der Waals surface area contributed by atoms with Gasteiger partial charge in [-0.05, 0) is 32.4 Å². The normalized spacial score (nSPS) is 21.4. The van der Waals surface area contributed by atoms with Gasteiger partial charge in [0.05, 0.1) is 18.2 Å². The van der Waals surface area contributed by atoms with Gasteiger partial charge in [-0.2, -0.15) is 18.3 Å². The SMILES string of the molecule is CCC(N)C(c1cnn(C)c1)N1CCC(C(F)(F)F)CC1. The van der Waals surface area contributed by atoms with Crippen LogP contribution in [-0.4, -0.2) is 40.0 Å². The molecule has 1 aromatic rings. The van der Waals surface area contributed by atoms with Crippen LogP contribution in [0.25, 0.3) is 0 Å². The van der Waals surface area contributed by atoms with E-state index in [-0.39, 0.29) is 24.9 Å². The average Bonchev–Trinajstić information content (AvgIpc) is 2.84. The first-order chi connectivity index (χ1) is 9.82. The van der Waals surface area contributed by atoms with Crippen LogP contribution in [0.2, 0.25) is 0 Å². The molecule has 120 valence electrons. The number of aryl methyl sites for hydroxylation is 1. The molecule has 0 radical (unpaired) electrons. The number of aromatic nitrogens is 2. The highest BCUT2D eigenvalue weighted by Crippen LogP contribution is 2.37. The zero-order valence-corrected chi connectivity index (χ0v) is 12.5. The Morgan fingerprint density at radius 3 is 2.43 bits per heavy atom. The van der Waals surface area contributed by atoms with Gasteiger partial charge >= 0.3 is 6.18 Å². The first kappa shape index (κ1) is 16.3. The van der Waals surface area contributed by atoms with Crippen LogP contribution in [-0.2, 0) is 7.05 Å². The Bertz CT molecular complexity index is 449. The van der Waals surface area contributed by atoms with E-state index < -0.39 is 12.1 Å². The molecule has 1 aliphatic heterocycles. The lowest BCUT2D eigenvalue weighted by molar-refractivity contribution is -0.186. The Balaban J connectivity index is 2.09. The lowest BCUT2D eigenvalue weighted by atomic mass is 9.91. The lowest BCUT2D eigenvalue weighted by Gasteiger charge is -2.40. The molecule has 0 saturated carbocycles. The van der Waals surface area contributed by atoms with E-state index in [4.69, 9.17) is 5.73 Å². The second-order valence-electron chi connectivity index (χ2n) is 5.82. The molecule has 1 fully saturated rings. The number of nitrogens with two attached hydrogens (primary N) is 1. The Morgan fingerprint density at radius 1 is 1.38 bits per heavy atom. The summed E-state index contributed by atoms with van der Waals surface area (Å²) >= 11 is 0. The summed E-state index contributed by atoms with van der Waals surface area (Å²) in [6.45, 7) is 2.85. The van der Waals surface area contributed by atoms with E-state index in [0.717, 1.165) is 12.0 Å². The summed E-state index contributed by atoms with van der Waals surface area (Å²) in [4.78, 5) is 2.08. The largest absolute Gasteiger partial charge is 0.391 e. The monoisotopic (exact) mass is 304 g/mol. The zero-order chi connectivity index (χ0) is 15.6. The predicted molar refractivity (Wildman–Crippen MR) is 74.6 cm³/mol. The average molecular weight is 304 g/mol. The fourth-order valence-electron chi connectivity index (χ4n) is 3.05. The smallest absolute Gasteiger partial charge is 0.326 e. The second-order valence-corrected chi connectivity index (χ2v) is 5.82. The van der Waals surface area contributed by atoms with Crippen LogP contribution in [0.3, 0.4) is 0 Å². The van der Waals surface area contributed by atoms with Crippen molar-refractivity contribution >= 4 is 0 Å². The molecule has 1 aliphatic rings. The fourth-order valence-corrected chi connectivity index (χ4v) is 3.05. The van der Waals surface area contributed by atoms with Crippen molar-refractivity contribution in [2.45, 2.75) is 44.4 Å². The number of piperidine rings is 1. The molecule has 21 heavy (non-hydrogen) atoms. The van der Waals surface area contributed by atoms with E-state index in [0.29, 0.717) is 13.1 Å². The Labute approximate surface area is 123 Å². The van der Waals surface area contributed by atoms with Crippen molar-refractivity contribution in [1.29, 1.82) is 0 Å². The number of halogens is 3. The molecule has 0 bridgehead atoms. The van der Waals surface area contributed by atoms with Crippen LogP contribution in [0.4, 0.5) is 13.2 Å². The molecule has 0 spiro atoms. The highest BCUT2D eigenvalue weighted by atomic mass is 19.4. The van der Waals surface area contributed by atoms with Gasteiger partial charge in [0.15, 0.2) is 0 Å². The molecule has 4 nitrogen and oxygen atoms in total. The van der Waals surface area contributed by atoms with E-state index >= 15 is 0 Å². The van der Waals surface area contributed by atoms with Gasteiger partial charge in [-0.15, -0.1) is 0 Å². The van der Waals surface area contributed by atoms with E-state index in [9.17, 15) is 13.2 Å². The topological polar surface area (TPSA) is 47.1 Å². The standard InChI is InChI=1S/C14H23F3N4/c1-3-12(18)13(10-8-19-20(2)9-10)21-6-4-11(5-7-21)14(15,16)17/h8-9,11-13H,3-7,18H2,1-2H3. The highest BCUT2D eigenvalue weighted by Gasteiger charge is 2.42. The second kappa shape index (κ2) is 6.36. The summed E-state index contributed by atoms with van der Waals surface area (Å²) in [6, 6.07) is -0.158. The van der Waals surface area contributed by atoms with Crippen LogP contribution in [0.5, 0.6) is 0 Å². The number of hydrogen-bond acceptors (Lipinski definition) is 3. The first-order valence-electron chi connectivity index (χ1n) is 7.37. The Kier molecular flexibility index (Phi) is 4.93.